The van der Waals surface area contributed by atoms with Crippen molar-refractivity contribution in [2.45, 2.75) is 6.92 Å². The van der Waals surface area contributed by atoms with Gasteiger partial charge in [-0.05, 0) is 24.6 Å². The van der Waals surface area contributed by atoms with E-state index in [2.05, 4.69) is 14.9 Å². The van der Waals surface area contributed by atoms with E-state index in [1.807, 2.05) is 42.2 Å². The van der Waals surface area contributed by atoms with Crippen LogP contribution in [0.25, 0.3) is 6.08 Å². The Morgan fingerprint density at radius 2 is 1.92 bits per heavy atom. The van der Waals surface area contributed by atoms with Gasteiger partial charge < -0.3 is 9.80 Å². The molecule has 5 nitrogen and oxygen atoms in total. The molecule has 6 heteroatoms. The van der Waals surface area contributed by atoms with E-state index >= 15 is 0 Å². The molecular weight excluding hydrogens is 324 g/mol. The van der Waals surface area contributed by atoms with Gasteiger partial charge in [-0.3, -0.25) is 4.79 Å². The van der Waals surface area contributed by atoms with E-state index in [0.717, 1.165) is 30.2 Å². The van der Waals surface area contributed by atoms with Crippen LogP contribution in [0.15, 0.2) is 42.7 Å². The molecule has 1 saturated heterocycles. The van der Waals surface area contributed by atoms with Crippen LogP contribution in [-0.4, -0.2) is 47.0 Å². The zero-order valence-electron chi connectivity index (χ0n) is 13.5. The molecule has 0 bridgehead atoms. The fourth-order valence-electron chi connectivity index (χ4n) is 2.65. The zero-order valence-corrected chi connectivity index (χ0v) is 14.3. The van der Waals surface area contributed by atoms with Crippen molar-refractivity contribution >= 4 is 29.4 Å². The summed E-state index contributed by atoms with van der Waals surface area (Å²) < 4.78 is 0. The minimum Gasteiger partial charge on any atom is -0.353 e. The highest BCUT2D eigenvalue weighted by Crippen LogP contribution is 2.17. The summed E-state index contributed by atoms with van der Waals surface area (Å²) in [5.74, 6) is 0.926. The monoisotopic (exact) mass is 342 g/mol. The van der Waals surface area contributed by atoms with Crippen LogP contribution in [0.5, 0.6) is 0 Å². The van der Waals surface area contributed by atoms with Gasteiger partial charge in [-0.1, -0.05) is 29.8 Å². The molecule has 1 aliphatic heterocycles. The third kappa shape index (κ3) is 3.92. The SMILES string of the molecule is Cc1cc(N2CCN(C(=O)/C=C/c3ccccc3Cl)CC2)ncn1. The number of hydrogen-bond acceptors (Lipinski definition) is 4. The summed E-state index contributed by atoms with van der Waals surface area (Å²) >= 11 is 6.10. The second kappa shape index (κ2) is 7.45. The third-order valence-electron chi connectivity index (χ3n) is 4.02. The van der Waals surface area contributed by atoms with Crippen LogP contribution in [0.3, 0.4) is 0 Å². The van der Waals surface area contributed by atoms with Crippen molar-refractivity contribution in [1.82, 2.24) is 14.9 Å². The summed E-state index contributed by atoms with van der Waals surface area (Å²) in [6.07, 6.45) is 4.94. The summed E-state index contributed by atoms with van der Waals surface area (Å²) in [6, 6.07) is 9.44. The molecule has 1 aromatic heterocycles. The number of hydrogen-bond donors (Lipinski definition) is 0. The molecule has 1 aliphatic rings. The Kier molecular flexibility index (Phi) is 5.11. The maximum absolute atomic E-state index is 12.3. The summed E-state index contributed by atoms with van der Waals surface area (Å²) in [4.78, 5) is 24.8. The number of rotatable bonds is 3. The number of nitrogens with zero attached hydrogens (tertiary/aromatic N) is 4. The van der Waals surface area contributed by atoms with Crippen molar-refractivity contribution < 1.29 is 4.79 Å². The maximum Gasteiger partial charge on any atom is 0.246 e. The van der Waals surface area contributed by atoms with Gasteiger partial charge >= 0.3 is 0 Å². The van der Waals surface area contributed by atoms with Crippen molar-refractivity contribution in [1.29, 1.82) is 0 Å². The van der Waals surface area contributed by atoms with Crippen LogP contribution in [0, 0.1) is 6.92 Å². The first-order valence-electron chi connectivity index (χ1n) is 7.88. The normalized spacial score (nSPS) is 15.1. The number of halogens is 1. The van der Waals surface area contributed by atoms with Gasteiger partial charge in [0, 0.05) is 49.0 Å². The van der Waals surface area contributed by atoms with Gasteiger partial charge in [-0.25, -0.2) is 9.97 Å². The molecule has 0 unspecified atom stereocenters. The van der Waals surface area contributed by atoms with E-state index in [1.165, 1.54) is 0 Å². The largest absolute Gasteiger partial charge is 0.353 e. The average molecular weight is 343 g/mol. The van der Waals surface area contributed by atoms with Crippen LogP contribution in [0.4, 0.5) is 5.82 Å². The molecule has 0 aliphatic carbocycles. The van der Waals surface area contributed by atoms with E-state index in [9.17, 15) is 4.79 Å². The highest BCUT2D eigenvalue weighted by molar-refractivity contribution is 6.32. The first-order valence-corrected chi connectivity index (χ1v) is 8.26. The second-order valence-corrected chi connectivity index (χ2v) is 6.09. The predicted octanol–water partition coefficient (Wildman–Crippen LogP) is 2.80. The smallest absolute Gasteiger partial charge is 0.246 e. The molecule has 1 aromatic carbocycles. The minimum absolute atomic E-state index is 0.00781. The van der Waals surface area contributed by atoms with E-state index in [1.54, 1.807) is 18.5 Å². The van der Waals surface area contributed by atoms with Gasteiger partial charge in [0.2, 0.25) is 5.91 Å². The number of amides is 1. The first-order chi connectivity index (χ1) is 11.6. The average Bonchev–Trinajstić information content (AvgIpc) is 2.61. The summed E-state index contributed by atoms with van der Waals surface area (Å²) in [5.41, 5.74) is 1.80. The van der Waals surface area contributed by atoms with Crippen LogP contribution in [0.2, 0.25) is 5.02 Å². The lowest BCUT2D eigenvalue weighted by atomic mass is 10.2. The molecule has 0 spiro atoms. The zero-order chi connectivity index (χ0) is 16.9. The van der Waals surface area contributed by atoms with Gasteiger partial charge in [-0.2, -0.15) is 0 Å². The molecule has 124 valence electrons. The Balaban J connectivity index is 1.58. The maximum atomic E-state index is 12.3. The van der Waals surface area contributed by atoms with E-state index in [4.69, 9.17) is 11.6 Å². The van der Waals surface area contributed by atoms with Crippen molar-refractivity contribution in [3.05, 3.63) is 59.0 Å². The number of aromatic nitrogens is 2. The second-order valence-electron chi connectivity index (χ2n) is 5.68. The highest BCUT2D eigenvalue weighted by atomic mass is 35.5. The van der Waals surface area contributed by atoms with Crippen LogP contribution in [0.1, 0.15) is 11.3 Å². The Hall–Kier alpha value is -2.40. The van der Waals surface area contributed by atoms with E-state index in [0.29, 0.717) is 18.1 Å². The molecule has 2 heterocycles. The van der Waals surface area contributed by atoms with Crippen molar-refractivity contribution in [2.75, 3.05) is 31.1 Å². The summed E-state index contributed by atoms with van der Waals surface area (Å²) in [5, 5.41) is 0.644. The lowest BCUT2D eigenvalue weighted by molar-refractivity contribution is -0.126. The molecular formula is C18H19ClN4O. The molecule has 3 rings (SSSR count). The molecule has 1 amide bonds. The van der Waals surface area contributed by atoms with Gasteiger partial charge in [0.15, 0.2) is 0 Å². The van der Waals surface area contributed by atoms with Gasteiger partial charge in [0.05, 0.1) is 0 Å². The Labute approximate surface area is 146 Å². The summed E-state index contributed by atoms with van der Waals surface area (Å²) in [6.45, 7) is 4.83. The van der Waals surface area contributed by atoms with Gasteiger partial charge in [-0.15, -0.1) is 0 Å². The quantitative estimate of drug-likeness (QED) is 0.805. The number of anilines is 1. The molecule has 2 aromatic rings. The number of benzene rings is 1. The van der Waals surface area contributed by atoms with Gasteiger partial charge in [0.1, 0.15) is 12.1 Å². The van der Waals surface area contributed by atoms with Crippen LogP contribution < -0.4 is 4.90 Å². The fraction of sp³-hybridized carbons (Fsp3) is 0.278. The molecule has 24 heavy (non-hydrogen) atoms. The standard InChI is InChI=1S/C18H19ClN4O/c1-14-12-17(21-13-20-14)22-8-10-23(11-9-22)18(24)7-6-15-4-2-3-5-16(15)19/h2-7,12-13H,8-11H2,1H3/b7-6+. The van der Waals surface area contributed by atoms with E-state index in [-0.39, 0.29) is 5.91 Å². The number of carbonyl (C=O) groups excluding carboxylic acids is 1. The minimum atomic E-state index is 0.00781. The van der Waals surface area contributed by atoms with Crippen molar-refractivity contribution in [2.24, 2.45) is 0 Å². The van der Waals surface area contributed by atoms with Crippen LogP contribution >= 0.6 is 11.6 Å². The summed E-state index contributed by atoms with van der Waals surface area (Å²) in [7, 11) is 0. The number of piperazine rings is 1. The Bertz CT molecular complexity index is 754. The lowest BCUT2D eigenvalue weighted by Crippen LogP contribution is -2.48. The molecule has 0 saturated carbocycles. The Morgan fingerprint density at radius 3 is 2.62 bits per heavy atom. The molecule has 0 N–H and O–H groups in total. The predicted molar refractivity (Wildman–Crippen MR) is 96.0 cm³/mol. The fourth-order valence-corrected chi connectivity index (χ4v) is 2.84. The topological polar surface area (TPSA) is 49.3 Å². The van der Waals surface area contributed by atoms with Crippen LogP contribution in [-0.2, 0) is 4.79 Å². The Morgan fingerprint density at radius 1 is 1.17 bits per heavy atom. The van der Waals surface area contributed by atoms with E-state index < -0.39 is 0 Å². The highest BCUT2D eigenvalue weighted by Gasteiger charge is 2.20. The first kappa shape index (κ1) is 16.5. The molecule has 0 radical (unpaired) electrons. The van der Waals surface area contributed by atoms with Gasteiger partial charge in [0.25, 0.3) is 0 Å². The molecule has 1 fully saturated rings. The number of aryl methyl sites for hydroxylation is 1. The van der Waals surface area contributed by atoms with Crippen molar-refractivity contribution in [3.63, 3.8) is 0 Å². The third-order valence-corrected chi connectivity index (χ3v) is 4.36. The lowest BCUT2D eigenvalue weighted by Gasteiger charge is -2.34. The number of carbonyl (C=O) groups is 1. The molecule has 0 atom stereocenters. The van der Waals surface area contributed by atoms with Crippen molar-refractivity contribution in [3.8, 4) is 0 Å².